The van der Waals surface area contributed by atoms with E-state index in [1.54, 1.807) is 0 Å². The van der Waals surface area contributed by atoms with Gasteiger partial charge in [-0.1, -0.05) is 115 Å². The molecule has 4 heteroatoms. The van der Waals surface area contributed by atoms with E-state index in [0.717, 1.165) is 34.0 Å². The van der Waals surface area contributed by atoms with Crippen molar-refractivity contribution in [3.63, 3.8) is 0 Å². The summed E-state index contributed by atoms with van der Waals surface area (Å²) in [6.07, 6.45) is 1.97. The molecule has 240 valence electrons. The second kappa shape index (κ2) is 12.1. The summed E-state index contributed by atoms with van der Waals surface area (Å²) in [5, 5.41) is 5.14. The van der Waals surface area contributed by atoms with Gasteiger partial charge in [0, 0.05) is 59.8 Å². The maximum atomic E-state index is 5.03. The molecular formula is C47H31N3S. The topological polar surface area (TPSA) is 21.1 Å². The summed E-state index contributed by atoms with van der Waals surface area (Å²) in [4.78, 5) is 7.27. The van der Waals surface area contributed by atoms with Crippen LogP contribution >= 0.6 is 11.3 Å². The molecule has 0 fully saturated rings. The van der Waals surface area contributed by atoms with E-state index >= 15 is 0 Å². The Kier molecular flexibility index (Phi) is 7.00. The minimum atomic E-state index is 0.860. The second-order valence-corrected chi connectivity index (χ2v) is 13.9. The van der Waals surface area contributed by atoms with Gasteiger partial charge in [-0.3, -0.25) is 4.90 Å². The highest BCUT2D eigenvalue weighted by atomic mass is 32.1. The van der Waals surface area contributed by atoms with E-state index in [2.05, 4.69) is 185 Å². The third kappa shape index (κ3) is 5.00. The van der Waals surface area contributed by atoms with Gasteiger partial charge >= 0.3 is 0 Å². The molecule has 0 saturated carbocycles. The minimum absolute atomic E-state index is 0.860. The summed E-state index contributed by atoms with van der Waals surface area (Å²) in [5.74, 6) is 0.860. The summed E-state index contributed by atoms with van der Waals surface area (Å²) in [6, 6.07) is 65.1. The number of hydrogen-bond donors (Lipinski definition) is 0. The first kappa shape index (κ1) is 29.4. The molecule has 0 unspecified atom stereocenters. The number of thiophene rings is 1. The third-order valence-electron chi connectivity index (χ3n) is 9.87. The van der Waals surface area contributed by atoms with Crippen LogP contribution in [0.3, 0.4) is 0 Å². The molecule has 7 aromatic carbocycles. The summed E-state index contributed by atoms with van der Waals surface area (Å²) in [5.41, 5.74) is 10.3. The molecule has 0 aliphatic carbocycles. The SMILES string of the molecule is c1ccc(-c2ccc(N(c3ccc(-c4cccc5c4sc4ccccc45)cc3)c3ccc(-n4c5ccccc5c5ccccc54)cc3)nc2)cc1. The molecule has 0 aliphatic rings. The van der Waals surface area contributed by atoms with Crippen LogP contribution in [0.25, 0.3) is 69.9 Å². The van der Waals surface area contributed by atoms with E-state index < -0.39 is 0 Å². The number of nitrogens with zero attached hydrogens (tertiary/aromatic N) is 3. The number of fused-ring (bicyclic) bond motifs is 6. The lowest BCUT2D eigenvalue weighted by molar-refractivity contribution is 1.16. The van der Waals surface area contributed by atoms with Crippen LogP contribution in [0.15, 0.2) is 188 Å². The van der Waals surface area contributed by atoms with E-state index in [-0.39, 0.29) is 0 Å². The third-order valence-corrected chi connectivity index (χ3v) is 11.1. The molecule has 0 bridgehead atoms. The fourth-order valence-corrected chi connectivity index (χ4v) is 8.69. The summed E-state index contributed by atoms with van der Waals surface area (Å²) < 4.78 is 4.99. The van der Waals surface area contributed by atoms with E-state index in [9.17, 15) is 0 Å². The van der Waals surface area contributed by atoms with Gasteiger partial charge in [0.25, 0.3) is 0 Å². The van der Waals surface area contributed by atoms with E-state index in [1.165, 1.54) is 53.1 Å². The molecule has 0 radical (unpaired) electrons. The van der Waals surface area contributed by atoms with Crippen molar-refractivity contribution in [1.82, 2.24) is 9.55 Å². The Morgan fingerprint density at radius 1 is 0.431 bits per heavy atom. The highest BCUT2D eigenvalue weighted by Gasteiger charge is 2.17. The van der Waals surface area contributed by atoms with Crippen molar-refractivity contribution in [2.75, 3.05) is 4.90 Å². The Balaban J connectivity index is 1.07. The highest BCUT2D eigenvalue weighted by molar-refractivity contribution is 7.26. The zero-order chi connectivity index (χ0) is 33.7. The monoisotopic (exact) mass is 669 g/mol. The van der Waals surface area contributed by atoms with Gasteiger partial charge in [-0.25, -0.2) is 4.98 Å². The molecule has 0 amide bonds. The average molecular weight is 670 g/mol. The first-order chi connectivity index (χ1) is 25.3. The fourth-order valence-electron chi connectivity index (χ4n) is 7.45. The zero-order valence-electron chi connectivity index (χ0n) is 27.6. The van der Waals surface area contributed by atoms with Gasteiger partial charge in [0.1, 0.15) is 5.82 Å². The molecule has 0 saturated heterocycles. The van der Waals surface area contributed by atoms with Gasteiger partial charge in [-0.05, 0) is 83.4 Å². The lowest BCUT2D eigenvalue weighted by Gasteiger charge is -2.25. The van der Waals surface area contributed by atoms with Crippen molar-refractivity contribution in [2.24, 2.45) is 0 Å². The molecule has 3 heterocycles. The predicted octanol–water partition coefficient (Wildman–Crippen LogP) is 13.4. The molecule has 10 rings (SSSR count). The highest BCUT2D eigenvalue weighted by Crippen LogP contribution is 2.42. The van der Waals surface area contributed by atoms with Crippen molar-refractivity contribution in [3.8, 4) is 27.9 Å². The fraction of sp³-hybridized carbons (Fsp3) is 0. The Hall–Kier alpha value is -6.49. The van der Waals surface area contributed by atoms with E-state index in [1.807, 2.05) is 23.6 Å². The molecular weight excluding hydrogens is 639 g/mol. The van der Waals surface area contributed by atoms with Crippen molar-refractivity contribution < 1.29 is 0 Å². The number of anilines is 3. The van der Waals surface area contributed by atoms with Gasteiger partial charge in [0.15, 0.2) is 0 Å². The molecule has 3 aromatic heterocycles. The van der Waals surface area contributed by atoms with E-state index in [4.69, 9.17) is 4.98 Å². The zero-order valence-corrected chi connectivity index (χ0v) is 28.5. The van der Waals surface area contributed by atoms with Crippen LogP contribution < -0.4 is 4.90 Å². The van der Waals surface area contributed by atoms with Crippen LogP contribution in [-0.4, -0.2) is 9.55 Å². The molecule has 3 nitrogen and oxygen atoms in total. The number of para-hydroxylation sites is 2. The largest absolute Gasteiger partial charge is 0.309 e. The number of aromatic nitrogens is 2. The predicted molar refractivity (Wildman–Crippen MR) is 217 cm³/mol. The number of benzene rings is 7. The minimum Gasteiger partial charge on any atom is -0.309 e. The van der Waals surface area contributed by atoms with Crippen molar-refractivity contribution in [2.45, 2.75) is 0 Å². The average Bonchev–Trinajstić information content (AvgIpc) is 3.75. The van der Waals surface area contributed by atoms with Gasteiger partial charge in [0.2, 0.25) is 0 Å². The molecule has 10 aromatic rings. The Morgan fingerprint density at radius 2 is 1.02 bits per heavy atom. The van der Waals surface area contributed by atoms with Crippen LogP contribution in [0, 0.1) is 0 Å². The van der Waals surface area contributed by atoms with E-state index in [0.29, 0.717) is 0 Å². The smallest absolute Gasteiger partial charge is 0.137 e. The Labute approximate surface area is 299 Å². The summed E-state index contributed by atoms with van der Waals surface area (Å²) in [7, 11) is 0. The standard InChI is InChI=1S/C47H31N3S/c1-2-11-32(12-3-1)34-23-30-46(48-31-34)49(35-24-21-33(22-25-35)38-16-10-17-42-41-15-6-9-20-45(41)51-47(38)42)36-26-28-37(29-27-36)50-43-18-7-4-13-39(43)40-14-5-8-19-44(40)50/h1-31H. The van der Waals surface area contributed by atoms with Gasteiger partial charge in [0.05, 0.1) is 11.0 Å². The quantitative estimate of drug-likeness (QED) is 0.176. The molecule has 0 spiro atoms. The van der Waals surface area contributed by atoms with Gasteiger partial charge in [-0.15, -0.1) is 11.3 Å². The lowest BCUT2D eigenvalue weighted by atomic mass is 10.0. The Bertz CT molecular complexity index is 2780. The second-order valence-electron chi connectivity index (χ2n) is 12.8. The number of hydrogen-bond acceptors (Lipinski definition) is 3. The summed E-state index contributed by atoms with van der Waals surface area (Å²) >= 11 is 1.87. The normalized spacial score (nSPS) is 11.5. The molecule has 0 N–H and O–H groups in total. The molecule has 0 aliphatic heterocycles. The van der Waals surface area contributed by atoms with Crippen molar-refractivity contribution in [3.05, 3.63) is 188 Å². The number of pyridine rings is 1. The van der Waals surface area contributed by atoms with Crippen LogP contribution in [-0.2, 0) is 0 Å². The van der Waals surface area contributed by atoms with Crippen molar-refractivity contribution in [1.29, 1.82) is 0 Å². The Morgan fingerprint density at radius 3 is 1.71 bits per heavy atom. The van der Waals surface area contributed by atoms with Crippen molar-refractivity contribution >= 4 is 70.5 Å². The van der Waals surface area contributed by atoms with Crippen LogP contribution in [0.2, 0.25) is 0 Å². The summed E-state index contributed by atoms with van der Waals surface area (Å²) in [6.45, 7) is 0. The lowest BCUT2D eigenvalue weighted by Crippen LogP contribution is -2.11. The van der Waals surface area contributed by atoms with Crippen LogP contribution in [0.1, 0.15) is 0 Å². The first-order valence-electron chi connectivity index (χ1n) is 17.2. The van der Waals surface area contributed by atoms with Crippen LogP contribution in [0.5, 0.6) is 0 Å². The van der Waals surface area contributed by atoms with Gasteiger partial charge < -0.3 is 4.57 Å². The molecule has 51 heavy (non-hydrogen) atoms. The van der Waals surface area contributed by atoms with Crippen LogP contribution in [0.4, 0.5) is 17.2 Å². The number of rotatable bonds is 6. The maximum Gasteiger partial charge on any atom is 0.137 e. The maximum absolute atomic E-state index is 5.03. The molecule has 0 atom stereocenters. The van der Waals surface area contributed by atoms with Gasteiger partial charge in [-0.2, -0.15) is 0 Å². The first-order valence-corrected chi connectivity index (χ1v) is 18.0.